The van der Waals surface area contributed by atoms with Crippen molar-refractivity contribution in [2.75, 3.05) is 10.6 Å². The van der Waals surface area contributed by atoms with Gasteiger partial charge in [-0.1, -0.05) is 17.7 Å². The molecule has 2 aromatic rings. The predicted octanol–water partition coefficient (Wildman–Crippen LogP) is 3.48. The Kier molecular flexibility index (Phi) is 5.50. The highest BCUT2D eigenvalue weighted by molar-refractivity contribution is 6.04. The van der Waals surface area contributed by atoms with Gasteiger partial charge in [-0.05, 0) is 43.3 Å². The summed E-state index contributed by atoms with van der Waals surface area (Å²) < 4.78 is 0. The maximum absolute atomic E-state index is 12.2. The number of nitrogens with one attached hydrogen (secondary N) is 2. The van der Waals surface area contributed by atoms with E-state index in [0.29, 0.717) is 16.9 Å². The van der Waals surface area contributed by atoms with Crippen molar-refractivity contribution in [2.45, 2.75) is 6.92 Å². The van der Waals surface area contributed by atoms with Gasteiger partial charge in [0.1, 0.15) is 23.9 Å². The van der Waals surface area contributed by atoms with Gasteiger partial charge in [0.2, 0.25) is 0 Å². The van der Waals surface area contributed by atoms with E-state index in [2.05, 4.69) is 10.6 Å². The van der Waals surface area contributed by atoms with Crippen LogP contribution < -0.4 is 10.6 Å². The summed E-state index contributed by atoms with van der Waals surface area (Å²) in [6.45, 7) is 1.95. The Morgan fingerprint density at radius 1 is 0.800 bits per heavy atom. The zero-order valence-electron chi connectivity index (χ0n) is 13.4. The number of nitrogens with zero attached hydrogens (tertiary/aromatic N) is 3. The Morgan fingerprint density at radius 2 is 1.32 bits per heavy atom. The predicted molar refractivity (Wildman–Crippen MR) is 93.1 cm³/mol. The molecule has 0 aromatic heterocycles. The quantitative estimate of drug-likeness (QED) is 0.835. The van der Waals surface area contributed by atoms with Gasteiger partial charge in [0.05, 0.1) is 0 Å². The molecule has 6 nitrogen and oxygen atoms in total. The topological polar surface area (TPSA) is 112 Å². The monoisotopic (exact) mass is 327 g/mol. The summed E-state index contributed by atoms with van der Waals surface area (Å²) in [5.41, 5.74) is 2.31. The molecule has 0 spiro atoms. The summed E-state index contributed by atoms with van der Waals surface area (Å²) in [5, 5.41) is 32.1. The lowest BCUT2D eigenvalue weighted by Gasteiger charge is -2.08. The fourth-order valence-electron chi connectivity index (χ4n) is 1.97. The van der Waals surface area contributed by atoms with E-state index >= 15 is 0 Å². The van der Waals surface area contributed by atoms with Gasteiger partial charge in [-0.3, -0.25) is 4.79 Å². The van der Waals surface area contributed by atoms with E-state index in [1.54, 1.807) is 54.6 Å². The molecule has 0 radical (unpaired) electrons. The van der Waals surface area contributed by atoms with Crippen molar-refractivity contribution in [2.24, 2.45) is 0 Å². The molecule has 0 aliphatic rings. The number of aryl methyl sites for hydroxylation is 1. The number of carbonyl (C=O) groups is 1. The van der Waals surface area contributed by atoms with Crippen LogP contribution in [0.15, 0.2) is 59.8 Å². The lowest BCUT2D eigenvalue weighted by molar-refractivity contribution is 0.102. The smallest absolute Gasteiger partial charge is 0.255 e. The molecule has 120 valence electrons. The van der Waals surface area contributed by atoms with Gasteiger partial charge in [-0.2, -0.15) is 15.8 Å². The molecule has 0 saturated heterocycles. The van der Waals surface area contributed by atoms with Gasteiger partial charge in [0, 0.05) is 16.9 Å². The highest BCUT2D eigenvalue weighted by atomic mass is 16.1. The molecule has 0 aliphatic carbocycles. The normalized spacial score (nSPS) is 9.04. The van der Waals surface area contributed by atoms with E-state index in [0.717, 1.165) is 5.56 Å². The summed E-state index contributed by atoms with van der Waals surface area (Å²) in [6, 6.07) is 18.9. The zero-order valence-corrected chi connectivity index (χ0v) is 13.4. The third-order valence-electron chi connectivity index (χ3n) is 3.31. The van der Waals surface area contributed by atoms with E-state index in [1.165, 1.54) is 0 Å². The van der Waals surface area contributed by atoms with Gasteiger partial charge in [-0.25, -0.2) is 0 Å². The van der Waals surface area contributed by atoms with Crippen LogP contribution in [0.5, 0.6) is 0 Å². The minimum absolute atomic E-state index is 0.124. The first-order valence-corrected chi connectivity index (χ1v) is 7.27. The number of anilines is 2. The maximum Gasteiger partial charge on any atom is 0.255 e. The average molecular weight is 327 g/mol. The lowest BCUT2D eigenvalue weighted by Crippen LogP contribution is -2.11. The van der Waals surface area contributed by atoms with E-state index in [4.69, 9.17) is 15.8 Å². The van der Waals surface area contributed by atoms with Crippen LogP contribution >= 0.6 is 0 Å². The number of carbonyl (C=O) groups excluding carboxylic acids is 1. The molecule has 25 heavy (non-hydrogen) atoms. The Hall–Kier alpha value is -4.08. The van der Waals surface area contributed by atoms with Gasteiger partial charge in [0.25, 0.3) is 5.91 Å². The second kappa shape index (κ2) is 7.97. The molecule has 0 fully saturated rings. The zero-order chi connectivity index (χ0) is 18.2. The molecule has 6 heteroatoms. The van der Waals surface area contributed by atoms with Crippen LogP contribution in [0.4, 0.5) is 11.4 Å². The largest absolute Gasteiger partial charge is 0.345 e. The van der Waals surface area contributed by atoms with Crippen LogP contribution in [-0.4, -0.2) is 5.91 Å². The number of allylic oxidation sites excluding steroid dienone is 2. The number of rotatable bonds is 4. The van der Waals surface area contributed by atoms with E-state index in [9.17, 15) is 4.79 Å². The molecule has 0 saturated carbocycles. The van der Waals surface area contributed by atoms with Crippen molar-refractivity contribution in [1.29, 1.82) is 15.8 Å². The Balaban J connectivity index is 2.10. The number of benzene rings is 2. The van der Waals surface area contributed by atoms with Crippen molar-refractivity contribution >= 4 is 17.3 Å². The van der Waals surface area contributed by atoms with E-state index < -0.39 is 0 Å². The van der Waals surface area contributed by atoms with Crippen LogP contribution in [0.1, 0.15) is 15.9 Å². The fraction of sp³-hybridized carbons (Fsp3) is 0.0526. The molecular weight excluding hydrogens is 314 g/mol. The second-order valence-electron chi connectivity index (χ2n) is 5.11. The van der Waals surface area contributed by atoms with Crippen LogP contribution in [0, 0.1) is 40.9 Å². The van der Waals surface area contributed by atoms with E-state index in [1.807, 2.05) is 19.1 Å². The minimum Gasteiger partial charge on any atom is -0.345 e. The first-order chi connectivity index (χ1) is 12.1. The molecule has 1 amide bonds. The van der Waals surface area contributed by atoms with E-state index in [-0.39, 0.29) is 17.2 Å². The van der Waals surface area contributed by atoms with Gasteiger partial charge in [0.15, 0.2) is 5.57 Å². The Morgan fingerprint density at radius 3 is 1.80 bits per heavy atom. The third-order valence-corrected chi connectivity index (χ3v) is 3.31. The summed E-state index contributed by atoms with van der Waals surface area (Å²) in [6.07, 6.45) is 0. The molecular formula is C19H13N5O. The summed E-state index contributed by atoms with van der Waals surface area (Å²) in [4.78, 5) is 12.2. The number of nitriles is 3. The number of hydrogen-bond acceptors (Lipinski definition) is 5. The third kappa shape index (κ3) is 4.45. The van der Waals surface area contributed by atoms with Crippen molar-refractivity contribution in [1.82, 2.24) is 0 Å². The van der Waals surface area contributed by atoms with Crippen molar-refractivity contribution in [3.05, 3.63) is 70.9 Å². The summed E-state index contributed by atoms with van der Waals surface area (Å²) in [5.74, 6) is -0.227. The van der Waals surface area contributed by atoms with Crippen LogP contribution in [0.2, 0.25) is 0 Å². The molecule has 2 aromatic carbocycles. The fourth-order valence-corrected chi connectivity index (χ4v) is 1.97. The van der Waals surface area contributed by atoms with Crippen molar-refractivity contribution in [3.8, 4) is 18.2 Å². The highest BCUT2D eigenvalue weighted by Crippen LogP contribution is 2.17. The first-order valence-electron chi connectivity index (χ1n) is 7.27. The molecule has 2 N–H and O–H groups in total. The molecule has 2 rings (SSSR count). The summed E-state index contributed by atoms with van der Waals surface area (Å²) in [7, 11) is 0. The number of hydrogen-bond donors (Lipinski definition) is 2. The molecule has 0 heterocycles. The molecule has 0 aliphatic heterocycles. The first kappa shape index (κ1) is 17.3. The average Bonchev–Trinajstić information content (AvgIpc) is 2.63. The summed E-state index contributed by atoms with van der Waals surface area (Å²) >= 11 is 0. The second-order valence-corrected chi connectivity index (χ2v) is 5.11. The number of amides is 1. The Bertz CT molecular complexity index is 920. The van der Waals surface area contributed by atoms with Crippen molar-refractivity contribution in [3.63, 3.8) is 0 Å². The minimum atomic E-state index is -0.292. The molecule has 0 unspecified atom stereocenters. The molecule has 0 atom stereocenters. The van der Waals surface area contributed by atoms with Gasteiger partial charge in [-0.15, -0.1) is 0 Å². The molecule has 0 bridgehead atoms. The van der Waals surface area contributed by atoms with Crippen LogP contribution in [0.3, 0.4) is 0 Å². The lowest BCUT2D eigenvalue weighted by atomic mass is 10.1. The highest BCUT2D eigenvalue weighted by Gasteiger charge is 2.08. The maximum atomic E-state index is 12.2. The van der Waals surface area contributed by atoms with Crippen LogP contribution in [-0.2, 0) is 0 Å². The SMILES string of the molecule is Cc1ccc(C(=O)Nc2ccc(NC(C#N)=C(C#N)C#N)cc2)cc1. The Labute approximate surface area is 145 Å². The van der Waals surface area contributed by atoms with Gasteiger partial charge >= 0.3 is 0 Å². The van der Waals surface area contributed by atoms with Gasteiger partial charge < -0.3 is 10.6 Å². The standard InChI is InChI=1S/C19H13N5O/c1-13-2-4-14(5-3-13)19(25)24-17-8-6-16(7-9-17)23-18(12-22)15(10-20)11-21/h2-9,23H,1H3,(H,24,25). The van der Waals surface area contributed by atoms with Crippen molar-refractivity contribution < 1.29 is 4.79 Å². The van der Waals surface area contributed by atoms with Crippen LogP contribution in [0.25, 0.3) is 0 Å².